The molecular weight excluding hydrogens is 639 g/mol. The number of aliphatic imine (C=N–C) groups is 1. The Bertz CT molecular complexity index is 2150. The van der Waals surface area contributed by atoms with E-state index in [0.29, 0.717) is 42.2 Å². The number of carbonyl (C=O) groups is 2. The molecule has 0 spiro atoms. The van der Waals surface area contributed by atoms with E-state index in [4.69, 9.17) is 9.98 Å². The third kappa shape index (κ3) is 5.21. The minimum atomic E-state index is -0.292. The highest BCUT2D eigenvalue weighted by atomic mass is 32.2. The van der Waals surface area contributed by atoms with E-state index in [9.17, 15) is 14.4 Å². The SMILES string of the molecule is CC(=O)C1=NN(c2ccccc2)/C(=C2\S/C(=N/c3nc(-c4c(C)n(C)n(-c5ccccc5)c4=O)cs3)N(c3ccccc3)C2=O)S1. The Hall–Kier alpha value is -4.98. The number of rotatable bonds is 6. The summed E-state index contributed by atoms with van der Waals surface area (Å²) in [4.78, 5) is 51.7. The fraction of sp³-hybridized carbons (Fsp3) is 0.0909. The molecule has 0 bridgehead atoms. The van der Waals surface area contributed by atoms with Crippen molar-refractivity contribution >= 4 is 73.3 Å². The molecule has 3 aromatic carbocycles. The van der Waals surface area contributed by atoms with E-state index in [1.54, 1.807) is 14.6 Å². The number of anilines is 2. The van der Waals surface area contributed by atoms with Crippen LogP contribution in [0.5, 0.6) is 0 Å². The molecule has 0 aliphatic carbocycles. The van der Waals surface area contributed by atoms with E-state index in [2.05, 4.69) is 5.10 Å². The van der Waals surface area contributed by atoms with Gasteiger partial charge in [-0.1, -0.05) is 54.6 Å². The van der Waals surface area contributed by atoms with Crippen LogP contribution in [0.25, 0.3) is 16.9 Å². The Balaban J connectivity index is 1.31. The van der Waals surface area contributed by atoms with Crippen molar-refractivity contribution < 1.29 is 9.59 Å². The number of thioether (sulfide) groups is 2. The van der Waals surface area contributed by atoms with Gasteiger partial charge in [0.2, 0.25) is 5.13 Å². The molecule has 13 heteroatoms. The molecule has 2 aromatic heterocycles. The molecule has 4 heterocycles. The lowest BCUT2D eigenvalue weighted by Gasteiger charge is -2.17. The highest BCUT2D eigenvalue weighted by Gasteiger charge is 2.41. The summed E-state index contributed by atoms with van der Waals surface area (Å²) in [5.41, 5.74) is 3.70. The lowest BCUT2D eigenvalue weighted by molar-refractivity contribution is -0.113. The molecule has 0 saturated carbocycles. The molecular formula is C33H25N7O3S3. The first kappa shape index (κ1) is 29.7. The van der Waals surface area contributed by atoms with Crippen LogP contribution in [0.3, 0.4) is 0 Å². The number of benzene rings is 3. The lowest BCUT2D eigenvalue weighted by atomic mass is 10.2. The molecule has 0 atom stereocenters. The van der Waals surface area contributed by atoms with Crippen molar-refractivity contribution in [2.24, 2.45) is 17.1 Å². The molecule has 0 radical (unpaired) electrons. The van der Waals surface area contributed by atoms with Crippen LogP contribution in [-0.2, 0) is 16.6 Å². The Labute approximate surface area is 276 Å². The van der Waals surface area contributed by atoms with Gasteiger partial charge >= 0.3 is 0 Å². The average Bonchev–Trinajstić information content (AvgIpc) is 3.84. The molecule has 46 heavy (non-hydrogen) atoms. The number of aromatic nitrogens is 3. The van der Waals surface area contributed by atoms with Crippen molar-refractivity contribution in [2.45, 2.75) is 13.8 Å². The number of Topliss-reactive ketones (excluding diaryl/α,β-unsaturated/α-hetero) is 1. The largest absolute Gasteiger partial charge is 0.292 e. The second-order valence-corrected chi connectivity index (χ2v) is 13.1. The molecule has 10 nitrogen and oxygen atoms in total. The molecule has 2 aliphatic rings. The Morgan fingerprint density at radius 1 is 0.826 bits per heavy atom. The molecule has 1 saturated heterocycles. The molecule has 0 N–H and O–H groups in total. The van der Waals surface area contributed by atoms with Gasteiger partial charge in [0.25, 0.3) is 11.5 Å². The van der Waals surface area contributed by atoms with Gasteiger partial charge in [-0.15, -0.1) is 11.3 Å². The summed E-state index contributed by atoms with van der Waals surface area (Å²) in [5, 5.41) is 9.60. The average molecular weight is 664 g/mol. The van der Waals surface area contributed by atoms with E-state index in [1.807, 2.05) is 115 Å². The quantitative estimate of drug-likeness (QED) is 0.186. The zero-order valence-electron chi connectivity index (χ0n) is 24.8. The van der Waals surface area contributed by atoms with Gasteiger partial charge in [-0.05, 0) is 66.8 Å². The van der Waals surface area contributed by atoms with Crippen molar-refractivity contribution in [3.63, 3.8) is 0 Å². The number of thiazole rings is 1. The van der Waals surface area contributed by atoms with Gasteiger partial charge in [-0.25, -0.2) is 14.7 Å². The Morgan fingerprint density at radius 2 is 1.43 bits per heavy atom. The van der Waals surface area contributed by atoms with E-state index in [-0.39, 0.29) is 17.2 Å². The van der Waals surface area contributed by atoms with Gasteiger partial charge in [0.1, 0.15) is 9.93 Å². The molecule has 2 aliphatic heterocycles. The van der Waals surface area contributed by atoms with E-state index in [0.717, 1.165) is 28.8 Å². The number of hydrogen-bond donors (Lipinski definition) is 0. The van der Waals surface area contributed by atoms with Crippen LogP contribution in [-0.4, -0.2) is 36.2 Å². The van der Waals surface area contributed by atoms with Crippen LogP contribution >= 0.6 is 34.9 Å². The minimum Gasteiger partial charge on any atom is -0.292 e. The Kier molecular flexibility index (Phi) is 7.80. The van der Waals surface area contributed by atoms with Crippen molar-refractivity contribution in [3.05, 3.63) is 122 Å². The predicted molar refractivity (Wildman–Crippen MR) is 187 cm³/mol. The van der Waals surface area contributed by atoms with Crippen molar-refractivity contribution in [3.8, 4) is 16.9 Å². The number of nitrogens with zero attached hydrogens (tertiary/aromatic N) is 7. The van der Waals surface area contributed by atoms with E-state index in [1.165, 1.54) is 30.0 Å². The second kappa shape index (κ2) is 12.1. The van der Waals surface area contributed by atoms with Gasteiger partial charge in [0, 0.05) is 25.0 Å². The van der Waals surface area contributed by atoms with Gasteiger partial charge in [0.05, 0.1) is 28.3 Å². The molecule has 1 amide bonds. The zero-order valence-corrected chi connectivity index (χ0v) is 27.3. The van der Waals surface area contributed by atoms with Crippen LogP contribution in [0.15, 0.2) is 121 Å². The maximum absolute atomic E-state index is 14.2. The van der Waals surface area contributed by atoms with Crippen LogP contribution in [0.1, 0.15) is 12.6 Å². The van der Waals surface area contributed by atoms with Gasteiger partial charge < -0.3 is 0 Å². The van der Waals surface area contributed by atoms with Gasteiger partial charge in [-0.3, -0.25) is 24.0 Å². The first-order valence-corrected chi connectivity index (χ1v) is 16.7. The van der Waals surface area contributed by atoms with Crippen molar-refractivity contribution in [2.75, 3.05) is 9.91 Å². The fourth-order valence-electron chi connectivity index (χ4n) is 5.08. The number of amides is 1. The monoisotopic (exact) mass is 663 g/mol. The summed E-state index contributed by atoms with van der Waals surface area (Å²) < 4.78 is 3.43. The van der Waals surface area contributed by atoms with Crippen LogP contribution in [0.4, 0.5) is 16.5 Å². The fourth-order valence-corrected chi connectivity index (χ4v) is 7.87. The normalized spacial score (nSPS) is 17.3. The summed E-state index contributed by atoms with van der Waals surface area (Å²) in [7, 11) is 1.84. The molecule has 0 unspecified atom stereocenters. The van der Waals surface area contributed by atoms with Gasteiger partial charge in [-0.2, -0.15) is 10.1 Å². The number of para-hydroxylation sites is 3. The van der Waals surface area contributed by atoms with Crippen molar-refractivity contribution in [1.82, 2.24) is 14.3 Å². The third-order valence-corrected chi connectivity index (χ3v) is 10.4. The highest BCUT2D eigenvalue weighted by molar-refractivity contribution is 8.22. The molecule has 7 rings (SSSR count). The molecule has 5 aromatic rings. The topological polar surface area (TPSA) is 105 Å². The highest BCUT2D eigenvalue weighted by Crippen LogP contribution is 2.45. The number of amidine groups is 1. The first-order valence-electron chi connectivity index (χ1n) is 14.1. The zero-order chi connectivity index (χ0) is 31.9. The Morgan fingerprint density at radius 3 is 2.07 bits per heavy atom. The number of hydrazone groups is 1. The summed E-state index contributed by atoms with van der Waals surface area (Å²) in [5.74, 6) is -0.483. The smallest absolute Gasteiger partial charge is 0.281 e. The molecule has 228 valence electrons. The summed E-state index contributed by atoms with van der Waals surface area (Å²) >= 11 is 3.65. The summed E-state index contributed by atoms with van der Waals surface area (Å²) in [6.07, 6.45) is 0. The maximum atomic E-state index is 14.2. The summed E-state index contributed by atoms with van der Waals surface area (Å²) in [6, 6.07) is 28.1. The summed E-state index contributed by atoms with van der Waals surface area (Å²) in [6.45, 7) is 3.34. The number of ketones is 1. The van der Waals surface area contributed by atoms with E-state index < -0.39 is 0 Å². The lowest BCUT2D eigenvalue weighted by Crippen LogP contribution is -2.29. The maximum Gasteiger partial charge on any atom is 0.281 e. The van der Waals surface area contributed by atoms with Crippen LogP contribution in [0, 0.1) is 6.92 Å². The van der Waals surface area contributed by atoms with Gasteiger partial charge in [0.15, 0.2) is 16.0 Å². The number of hydrogen-bond acceptors (Lipinski definition) is 10. The second-order valence-electron chi connectivity index (χ2n) is 10.3. The predicted octanol–water partition coefficient (Wildman–Crippen LogP) is 6.70. The van der Waals surface area contributed by atoms with Crippen LogP contribution in [0.2, 0.25) is 0 Å². The van der Waals surface area contributed by atoms with Crippen molar-refractivity contribution in [1.29, 1.82) is 0 Å². The third-order valence-electron chi connectivity index (χ3n) is 7.36. The molecule has 1 fully saturated rings. The van der Waals surface area contributed by atoms with E-state index >= 15 is 0 Å². The van der Waals surface area contributed by atoms with Crippen LogP contribution < -0.4 is 15.5 Å². The number of carbonyl (C=O) groups excluding carboxylic acids is 2. The minimum absolute atomic E-state index is 0.181. The standard InChI is InChI=1S/C33H25N7O3S3/c1-20-26(29(42)40(37(20)3)24-17-11-6-12-18-24)25-19-44-32(34-25)35-33-38(22-13-7-4-8-14-22)30(43)27(45-33)31-39(23-15-9-5-10-16-23)36-28(46-31)21(2)41/h4-19H,1-3H3/b31-27+,35-33+. The first-order chi connectivity index (χ1) is 22.3.